The van der Waals surface area contributed by atoms with Crippen LogP contribution in [0.5, 0.6) is 0 Å². The summed E-state index contributed by atoms with van der Waals surface area (Å²) >= 11 is 0. The normalized spacial score (nSPS) is 12.0. The molecule has 0 fully saturated rings. The van der Waals surface area contributed by atoms with Crippen LogP contribution < -0.4 is 10.5 Å². The Hall–Kier alpha value is -4.65. The van der Waals surface area contributed by atoms with Crippen LogP contribution in [0, 0.1) is 12.8 Å². The summed E-state index contributed by atoms with van der Waals surface area (Å²) in [5.41, 5.74) is 5.35. The Bertz CT molecular complexity index is 1780. The number of unbranched alkanes of at least 4 members (excludes halogenated alkanes) is 1. The summed E-state index contributed by atoms with van der Waals surface area (Å²) in [7, 11) is 0. The Morgan fingerprint density at radius 2 is 1.88 bits per heavy atom. The summed E-state index contributed by atoms with van der Waals surface area (Å²) in [6, 6.07) is 21.4. The van der Waals surface area contributed by atoms with Gasteiger partial charge in [0.15, 0.2) is 5.58 Å². The molecule has 5 aromatic rings. The van der Waals surface area contributed by atoms with Gasteiger partial charge >= 0.3 is 11.6 Å². The van der Waals surface area contributed by atoms with Crippen molar-refractivity contribution in [1.29, 1.82) is 0 Å². The second-order valence-corrected chi connectivity index (χ2v) is 10.6. The number of ether oxygens (including phenoxy) is 1. The monoisotopic (exact) mass is 564 g/mol. The van der Waals surface area contributed by atoms with Crippen molar-refractivity contribution in [2.24, 2.45) is 5.92 Å². The van der Waals surface area contributed by atoms with Crippen molar-refractivity contribution in [3.63, 3.8) is 0 Å². The highest BCUT2D eigenvalue weighted by molar-refractivity contribution is 5.86. The predicted octanol–water partition coefficient (Wildman–Crippen LogP) is 8.49. The van der Waals surface area contributed by atoms with E-state index in [0.29, 0.717) is 22.6 Å². The molecular formula is C35H36N2O5. The fraction of sp³-hybridized carbons (Fsp3) is 0.286. The van der Waals surface area contributed by atoms with Gasteiger partial charge in [-0.2, -0.15) is 0 Å². The number of nitrogens with zero attached hydrogens (tertiary/aromatic N) is 2. The highest BCUT2D eigenvalue weighted by atomic mass is 16.5. The van der Waals surface area contributed by atoms with Crippen molar-refractivity contribution in [3.8, 4) is 11.5 Å². The zero-order chi connectivity index (χ0) is 29.6. The fourth-order valence-corrected chi connectivity index (χ4v) is 5.19. The lowest BCUT2D eigenvalue weighted by Crippen LogP contribution is -2.25. The number of aromatic nitrogens is 1. The molecular weight excluding hydrogens is 528 g/mol. The predicted molar refractivity (Wildman–Crippen MR) is 167 cm³/mol. The second kappa shape index (κ2) is 12.9. The summed E-state index contributed by atoms with van der Waals surface area (Å²) in [5, 5.41) is 0.774. The number of carbonyl (C=O) groups excluding carboxylic acids is 1. The molecule has 7 nitrogen and oxygen atoms in total. The maximum Gasteiger partial charge on any atom is 0.349 e. The van der Waals surface area contributed by atoms with Gasteiger partial charge in [0, 0.05) is 35.4 Å². The Morgan fingerprint density at radius 3 is 2.64 bits per heavy atom. The lowest BCUT2D eigenvalue weighted by atomic mass is 9.97. The van der Waals surface area contributed by atoms with Crippen LogP contribution in [0.1, 0.15) is 50.7 Å². The number of fused-ring (bicyclic) bond motifs is 2. The van der Waals surface area contributed by atoms with Crippen molar-refractivity contribution in [1.82, 2.24) is 4.98 Å². The van der Waals surface area contributed by atoms with Gasteiger partial charge < -0.3 is 18.5 Å². The maximum atomic E-state index is 13.2. The molecule has 1 unspecified atom stereocenters. The molecule has 216 valence electrons. The van der Waals surface area contributed by atoms with Gasteiger partial charge in [0.05, 0.1) is 0 Å². The Kier molecular flexibility index (Phi) is 8.86. The van der Waals surface area contributed by atoms with Crippen LogP contribution in [0.3, 0.4) is 0 Å². The topological polar surface area (TPSA) is 85.8 Å². The standard InChI is InChI=1S/C35H36N2O5/c1-5-8-12-24(6-2)21-37(30-13-10-9-11-23(30)4)27-16-15-26-19-28(35(39)42-32(26)20-27)34-36-29-18-25(14-17-31(29)41-34)22-40-33(38)7-3/h7,9-11,13-20,24H,3,5-6,8,12,21-22H2,1-2,4H3. The number of benzene rings is 3. The van der Waals surface area contributed by atoms with E-state index in [1.807, 2.05) is 12.1 Å². The number of hydrogen-bond acceptors (Lipinski definition) is 7. The molecule has 0 amide bonds. The molecule has 0 aliphatic heterocycles. The van der Waals surface area contributed by atoms with E-state index in [-0.39, 0.29) is 18.1 Å². The van der Waals surface area contributed by atoms with Crippen LogP contribution >= 0.6 is 0 Å². The number of carbonyl (C=O) groups is 1. The molecule has 0 radical (unpaired) electrons. The molecule has 0 saturated carbocycles. The highest BCUT2D eigenvalue weighted by Crippen LogP contribution is 2.34. The van der Waals surface area contributed by atoms with Crippen LogP contribution in [0.2, 0.25) is 0 Å². The van der Waals surface area contributed by atoms with E-state index in [4.69, 9.17) is 13.6 Å². The summed E-state index contributed by atoms with van der Waals surface area (Å²) in [6.07, 6.45) is 5.77. The van der Waals surface area contributed by atoms with Crippen LogP contribution in [0.15, 0.2) is 93.0 Å². The zero-order valence-electron chi connectivity index (χ0n) is 24.4. The smallest absolute Gasteiger partial charge is 0.349 e. The molecule has 0 spiro atoms. The summed E-state index contributed by atoms with van der Waals surface area (Å²) in [4.78, 5) is 31.5. The molecule has 2 aromatic heterocycles. The lowest BCUT2D eigenvalue weighted by Gasteiger charge is -2.30. The van der Waals surface area contributed by atoms with Gasteiger partial charge in [-0.3, -0.25) is 0 Å². The third-order valence-corrected chi connectivity index (χ3v) is 7.65. The summed E-state index contributed by atoms with van der Waals surface area (Å²) < 4.78 is 16.9. The first-order valence-corrected chi connectivity index (χ1v) is 14.5. The van der Waals surface area contributed by atoms with Crippen LogP contribution in [0.4, 0.5) is 11.4 Å². The highest BCUT2D eigenvalue weighted by Gasteiger charge is 2.19. The zero-order valence-corrected chi connectivity index (χ0v) is 24.4. The van der Waals surface area contributed by atoms with E-state index < -0.39 is 11.6 Å². The number of rotatable bonds is 12. The molecule has 0 bridgehead atoms. The van der Waals surface area contributed by atoms with Crippen LogP contribution in [-0.2, 0) is 16.1 Å². The minimum Gasteiger partial charge on any atom is -0.458 e. The lowest BCUT2D eigenvalue weighted by molar-refractivity contribution is -0.138. The third kappa shape index (κ3) is 6.30. The largest absolute Gasteiger partial charge is 0.458 e. The van der Waals surface area contributed by atoms with Crippen LogP contribution in [0.25, 0.3) is 33.5 Å². The number of hydrogen-bond donors (Lipinski definition) is 0. The van der Waals surface area contributed by atoms with E-state index in [1.54, 1.807) is 24.3 Å². The molecule has 1 atom stereocenters. The van der Waals surface area contributed by atoms with Gasteiger partial charge in [-0.1, -0.05) is 64.0 Å². The molecule has 42 heavy (non-hydrogen) atoms. The minimum atomic E-state index is -0.525. The number of esters is 1. The van der Waals surface area contributed by atoms with Gasteiger partial charge in [-0.15, -0.1) is 0 Å². The van der Waals surface area contributed by atoms with Crippen molar-refractivity contribution >= 4 is 39.4 Å². The first-order chi connectivity index (χ1) is 20.4. The molecule has 2 heterocycles. The number of aryl methyl sites for hydroxylation is 1. The molecule has 0 saturated heterocycles. The Labute approximate surface area is 245 Å². The van der Waals surface area contributed by atoms with Gasteiger partial charge in [-0.25, -0.2) is 14.6 Å². The summed E-state index contributed by atoms with van der Waals surface area (Å²) in [5.74, 6) is 0.216. The van der Waals surface area contributed by atoms with Crippen molar-refractivity contribution < 1.29 is 18.4 Å². The van der Waals surface area contributed by atoms with Gasteiger partial charge in [-0.05, 0) is 66.8 Å². The minimum absolute atomic E-state index is 0.0839. The van der Waals surface area contributed by atoms with E-state index in [9.17, 15) is 9.59 Å². The van der Waals surface area contributed by atoms with Crippen molar-refractivity contribution in [2.75, 3.05) is 11.4 Å². The maximum absolute atomic E-state index is 13.2. The van der Waals surface area contributed by atoms with E-state index in [2.05, 4.69) is 67.6 Å². The number of oxazole rings is 1. The average Bonchev–Trinajstić information content (AvgIpc) is 3.43. The average molecular weight is 565 g/mol. The molecule has 0 aliphatic rings. The third-order valence-electron chi connectivity index (χ3n) is 7.65. The van der Waals surface area contributed by atoms with E-state index >= 15 is 0 Å². The first-order valence-electron chi connectivity index (χ1n) is 14.5. The van der Waals surface area contributed by atoms with E-state index in [1.165, 1.54) is 24.8 Å². The summed E-state index contributed by atoms with van der Waals surface area (Å²) in [6.45, 7) is 11.0. The molecule has 0 N–H and O–H groups in total. The molecule has 7 heteroatoms. The van der Waals surface area contributed by atoms with Gasteiger partial charge in [0.2, 0.25) is 5.89 Å². The number of para-hydroxylation sites is 1. The van der Waals surface area contributed by atoms with Gasteiger partial charge in [0.25, 0.3) is 0 Å². The Morgan fingerprint density at radius 1 is 1.05 bits per heavy atom. The van der Waals surface area contributed by atoms with E-state index in [0.717, 1.165) is 41.4 Å². The Balaban J connectivity index is 1.48. The SMILES string of the molecule is C=CC(=O)OCc1ccc2oc(-c3cc4ccc(N(CC(CC)CCCC)c5ccccc5C)cc4oc3=O)nc2c1. The van der Waals surface area contributed by atoms with Crippen LogP contribution in [-0.4, -0.2) is 17.5 Å². The quantitative estimate of drug-likeness (QED) is 0.0853. The van der Waals surface area contributed by atoms with Crippen molar-refractivity contribution in [2.45, 2.75) is 53.1 Å². The number of anilines is 2. The second-order valence-electron chi connectivity index (χ2n) is 10.6. The molecule has 0 aliphatic carbocycles. The first kappa shape index (κ1) is 28.9. The molecule has 3 aromatic carbocycles. The van der Waals surface area contributed by atoms with Crippen molar-refractivity contribution in [3.05, 3.63) is 101 Å². The van der Waals surface area contributed by atoms with Gasteiger partial charge in [0.1, 0.15) is 23.3 Å². The fourth-order valence-electron chi connectivity index (χ4n) is 5.19. The molecule has 5 rings (SSSR count).